The van der Waals surface area contributed by atoms with Crippen LogP contribution in [-0.2, 0) is 6.42 Å². The molecule has 0 aliphatic rings. The number of amides is 1. The van der Waals surface area contributed by atoms with Gasteiger partial charge >= 0.3 is 5.97 Å². The molecule has 0 aliphatic heterocycles. The average Bonchev–Trinajstić information content (AvgIpc) is 3.21. The van der Waals surface area contributed by atoms with Gasteiger partial charge in [-0.1, -0.05) is 23.4 Å². The van der Waals surface area contributed by atoms with E-state index >= 15 is 0 Å². The summed E-state index contributed by atoms with van der Waals surface area (Å²) < 4.78 is 6.33. The van der Waals surface area contributed by atoms with E-state index in [2.05, 4.69) is 15.6 Å². The lowest BCUT2D eigenvalue weighted by molar-refractivity contribution is 0.0686. The van der Waals surface area contributed by atoms with Gasteiger partial charge in [-0.15, -0.1) is 0 Å². The largest absolute Gasteiger partial charge is 0.477 e. The second-order valence-electron chi connectivity index (χ2n) is 5.78. The number of para-hydroxylation sites is 1. The first-order valence-corrected chi connectivity index (χ1v) is 8.06. The molecule has 3 aromatic rings. The fraction of sp³-hybridized carbons (Fsp3) is 0.222. The lowest BCUT2D eigenvalue weighted by Crippen LogP contribution is -2.26. The number of aryl methyl sites for hydroxylation is 2. The van der Waals surface area contributed by atoms with Crippen molar-refractivity contribution in [1.29, 1.82) is 0 Å². The normalized spacial score (nSPS) is 10.7. The zero-order valence-corrected chi connectivity index (χ0v) is 14.4. The van der Waals surface area contributed by atoms with Gasteiger partial charge in [0.2, 0.25) is 0 Å². The van der Waals surface area contributed by atoms with Crippen LogP contribution >= 0.6 is 0 Å². The van der Waals surface area contributed by atoms with Crippen LogP contribution in [0.15, 0.2) is 40.9 Å². The summed E-state index contributed by atoms with van der Waals surface area (Å²) in [6.07, 6.45) is 0.568. The fourth-order valence-electron chi connectivity index (χ4n) is 2.66. The molecule has 8 nitrogen and oxygen atoms in total. The van der Waals surface area contributed by atoms with Crippen LogP contribution in [0.3, 0.4) is 0 Å². The van der Waals surface area contributed by atoms with Crippen molar-refractivity contribution in [2.24, 2.45) is 0 Å². The van der Waals surface area contributed by atoms with Crippen LogP contribution in [0.5, 0.6) is 0 Å². The smallest absolute Gasteiger partial charge is 0.354 e. The molecule has 2 heterocycles. The number of carbonyl (C=O) groups is 2. The third-order valence-corrected chi connectivity index (χ3v) is 4.00. The molecule has 0 unspecified atom stereocenters. The van der Waals surface area contributed by atoms with Crippen LogP contribution in [0, 0.1) is 13.8 Å². The minimum Gasteiger partial charge on any atom is -0.477 e. The third-order valence-electron chi connectivity index (χ3n) is 4.00. The van der Waals surface area contributed by atoms with Crippen molar-refractivity contribution in [3.63, 3.8) is 0 Å². The number of nitrogens with one attached hydrogen (secondary N) is 1. The van der Waals surface area contributed by atoms with Crippen LogP contribution in [-0.4, -0.2) is 38.5 Å². The van der Waals surface area contributed by atoms with Crippen molar-refractivity contribution in [3.05, 3.63) is 64.8 Å². The van der Waals surface area contributed by atoms with E-state index in [1.165, 1.54) is 10.7 Å². The van der Waals surface area contributed by atoms with E-state index < -0.39 is 11.9 Å². The molecule has 8 heteroatoms. The van der Waals surface area contributed by atoms with Gasteiger partial charge in [0.15, 0.2) is 11.4 Å². The third kappa shape index (κ3) is 3.49. The van der Waals surface area contributed by atoms with Crippen LogP contribution < -0.4 is 5.32 Å². The molecule has 0 saturated heterocycles. The molecule has 0 atom stereocenters. The Balaban J connectivity index is 1.74. The first-order chi connectivity index (χ1) is 12.5. The second kappa shape index (κ2) is 7.22. The van der Waals surface area contributed by atoms with Gasteiger partial charge < -0.3 is 14.9 Å². The summed E-state index contributed by atoms with van der Waals surface area (Å²) in [4.78, 5) is 23.8. The zero-order valence-electron chi connectivity index (χ0n) is 14.4. The molecule has 1 amide bonds. The van der Waals surface area contributed by atoms with Gasteiger partial charge in [0.25, 0.3) is 5.91 Å². The molecule has 134 valence electrons. The van der Waals surface area contributed by atoms with E-state index in [0.29, 0.717) is 18.7 Å². The number of nitrogens with zero attached hydrogens (tertiary/aromatic N) is 3. The summed E-state index contributed by atoms with van der Waals surface area (Å²) in [6, 6.07) is 10.1. The van der Waals surface area contributed by atoms with Crippen molar-refractivity contribution in [3.8, 4) is 5.69 Å². The van der Waals surface area contributed by atoms with Gasteiger partial charge in [-0.05, 0) is 32.4 Å². The molecular formula is C18H18N4O4. The van der Waals surface area contributed by atoms with Gasteiger partial charge in [0.05, 0.1) is 11.4 Å². The molecular weight excluding hydrogens is 336 g/mol. The number of aromatic nitrogens is 3. The van der Waals surface area contributed by atoms with Gasteiger partial charge in [0, 0.05) is 18.2 Å². The number of rotatable bonds is 6. The van der Waals surface area contributed by atoms with Crippen molar-refractivity contribution in [1.82, 2.24) is 20.3 Å². The number of carboxylic acids is 1. The van der Waals surface area contributed by atoms with Crippen LogP contribution in [0.1, 0.15) is 38.0 Å². The number of carboxylic acid groups (broad SMARTS) is 1. The maximum Gasteiger partial charge on any atom is 0.354 e. The minimum absolute atomic E-state index is 0.0463. The van der Waals surface area contributed by atoms with Crippen LogP contribution in [0.25, 0.3) is 5.69 Å². The monoisotopic (exact) mass is 354 g/mol. The number of benzene rings is 1. The van der Waals surface area contributed by atoms with Crippen molar-refractivity contribution < 1.29 is 19.2 Å². The van der Waals surface area contributed by atoms with Crippen molar-refractivity contribution in [2.75, 3.05) is 6.54 Å². The number of carbonyl (C=O) groups excluding carboxylic acids is 1. The molecule has 26 heavy (non-hydrogen) atoms. The molecule has 0 saturated carbocycles. The summed E-state index contributed by atoms with van der Waals surface area (Å²) in [5.74, 6) is -0.872. The van der Waals surface area contributed by atoms with E-state index in [1.807, 2.05) is 19.9 Å². The topological polar surface area (TPSA) is 110 Å². The molecule has 0 bridgehead atoms. The Morgan fingerprint density at radius 1 is 1.23 bits per heavy atom. The predicted molar refractivity (Wildman–Crippen MR) is 92.5 cm³/mol. The summed E-state index contributed by atoms with van der Waals surface area (Å²) in [5, 5.41) is 20.1. The summed E-state index contributed by atoms with van der Waals surface area (Å²) in [7, 11) is 0. The van der Waals surface area contributed by atoms with Gasteiger partial charge in [-0.3, -0.25) is 4.79 Å². The lowest BCUT2D eigenvalue weighted by atomic mass is 10.1. The van der Waals surface area contributed by atoms with Gasteiger partial charge in [0.1, 0.15) is 5.76 Å². The Hall–Kier alpha value is -3.42. The fourth-order valence-corrected chi connectivity index (χ4v) is 2.66. The quantitative estimate of drug-likeness (QED) is 0.702. The second-order valence-corrected chi connectivity index (χ2v) is 5.78. The highest BCUT2D eigenvalue weighted by atomic mass is 16.5. The lowest BCUT2D eigenvalue weighted by Gasteiger charge is -2.04. The summed E-state index contributed by atoms with van der Waals surface area (Å²) >= 11 is 0. The molecule has 1 aromatic carbocycles. The maximum atomic E-state index is 12.3. The van der Waals surface area contributed by atoms with E-state index in [0.717, 1.165) is 17.0 Å². The summed E-state index contributed by atoms with van der Waals surface area (Å²) in [5.41, 5.74) is 2.28. The molecule has 2 N–H and O–H groups in total. The first kappa shape index (κ1) is 17.4. The number of hydrogen-bond acceptors (Lipinski definition) is 5. The first-order valence-electron chi connectivity index (χ1n) is 8.06. The van der Waals surface area contributed by atoms with E-state index in [9.17, 15) is 14.7 Å². The summed E-state index contributed by atoms with van der Waals surface area (Å²) in [6.45, 7) is 4.02. The van der Waals surface area contributed by atoms with E-state index in [4.69, 9.17) is 4.52 Å². The average molecular weight is 354 g/mol. The van der Waals surface area contributed by atoms with Crippen molar-refractivity contribution in [2.45, 2.75) is 20.3 Å². The Morgan fingerprint density at radius 2 is 1.96 bits per heavy atom. The standard InChI is InChI=1S/C18H18N4O4/c1-11-14(12(2)26-21-11)8-9-19-17(23)15-10-16(18(24)25)22(20-15)13-6-4-3-5-7-13/h3-7,10H,8-9H2,1-2H3,(H,19,23)(H,24,25). The highest BCUT2D eigenvalue weighted by Crippen LogP contribution is 2.14. The maximum absolute atomic E-state index is 12.3. The van der Waals surface area contributed by atoms with Crippen molar-refractivity contribution >= 4 is 11.9 Å². The Morgan fingerprint density at radius 3 is 2.58 bits per heavy atom. The molecule has 0 aliphatic carbocycles. The van der Waals surface area contributed by atoms with E-state index in [-0.39, 0.29) is 11.4 Å². The van der Waals surface area contributed by atoms with Crippen LogP contribution in [0.4, 0.5) is 0 Å². The molecule has 3 rings (SSSR count). The van der Waals surface area contributed by atoms with E-state index in [1.54, 1.807) is 24.3 Å². The SMILES string of the molecule is Cc1noc(C)c1CCNC(=O)c1cc(C(=O)O)n(-c2ccccc2)n1. The number of hydrogen-bond donors (Lipinski definition) is 2. The highest BCUT2D eigenvalue weighted by molar-refractivity contribution is 5.95. The molecule has 0 fully saturated rings. The number of aromatic carboxylic acids is 1. The Bertz CT molecular complexity index is 924. The predicted octanol–water partition coefficient (Wildman–Crippen LogP) is 2.15. The molecule has 0 radical (unpaired) electrons. The minimum atomic E-state index is -1.16. The Kier molecular flexibility index (Phi) is 4.83. The van der Waals surface area contributed by atoms with Gasteiger partial charge in [-0.25, -0.2) is 9.48 Å². The molecule has 2 aromatic heterocycles. The Labute approximate surface area is 149 Å². The highest BCUT2D eigenvalue weighted by Gasteiger charge is 2.19. The van der Waals surface area contributed by atoms with Gasteiger partial charge in [-0.2, -0.15) is 5.10 Å². The molecule has 0 spiro atoms. The van der Waals surface area contributed by atoms with Crippen LogP contribution in [0.2, 0.25) is 0 Å². The zero-order chi connectivity index (χ0) is 18.7.